The van der Waals surface area contributed by atoms with Crippen molar-refractivity contribution >= 4 is 17.5 Å². The number of alkyl halides is 1. The van der Waals surface area contributed by atoms with Gasteiger partial charge in [0.05, 0.1) is 12.7 Å². The molecule has 0 radical (unpaired) electrons. The number of carbonyl (C=O) groups excluding carboxylic acids is 1. The van der Waals surface area contributed by atoms with Gasteiger partial charge in [-0.3, -0.25) is 4.79 Å². The third-order valence-corrected chi connectivity index (χ3v) is 4.54. The fourth-order valence-corrected chi connectivity index (χ4v) is 3.33. The molecule has 0 bridgehead atoms. The molecule has 1 saturated heterocycles. The average molecular weight is 288 g/mol. The molecule has 1 aliphatic heterocycles. The smallest absolute Gasteiger partial charge is 0.225 e. The summed E-state index contributed by atoms with van der Waals surface area (Å²) in [5.74, 6) is 1.25. The maximum absolute atomic E-state index is 12.5. The van der Waals surface area contributed by atoms with Crippen LogP contribution in [0.25, 0.3) is 0 Å². The first-order chi connectivity index (χ1) is 9.31. The predicted octanol–water partition coefficient (Wildman–Crippen LogP) is 3.20. The zero-order valence-corrected chi connectivity index (χ0v) is 12.5. The van der Waals surface area contributed by atoms with E-state index in [1.165, 1.54) is 25.7 Å². The van der Waals surface area contributed by atoms with Gasteiger partial charge < -0.3 is 9.64 Å². The molecule has 1 aliphatic carbocycles. The van der Waals surface area contributed by atoms with Crippen molar-refractivity contribution < 1.29 is 9.53 Å². The molecule has 2 rings (SSSR count). The number of carbonyl (C=O) groups is 1. The standard InChI is InChI=1S/C15H26ClNO2/c16-9-12-19-14-7-10-17(11-8-14)15(18)13-5-3-1-2-4-6-13/h13-14H,1-12H2. The minimum absolute atomic E-state index is 0.294. The Balaban J connectivity index is 1.75. The molecular formula is C15H26ClNO2. The summed E-state index contributed by atoms with van der Waals surface area (Å²) in [6.07, 6.45) is 9.50. The number of halogens is 1. The summed E-state index contributed by atoms with van der Waals surface area (Å²) in [6.45, 7) is 2.35. The largest absolute Gasteiger partial charge is 0.377 e. The number of hydrogen-bond acceptors (Lipinski definition) is 2. The monoisotopic (exact) mass is 287 g/mol. The summed E-state index contributed by atoms with van der Waals surface area (Å²) in [7, 11) is 0. The molecule has 19 heavy (non-hydrogen) atoms. The third-order valence-electron chi connectivity index (χ3n) is 4.39. The Labute approximate surface area is 121 Å². The summed E-state index contributed by atoms with van der Waals surface area (Å²) in [6, 6.07) is 0. The molecule has 4 heteroatoms. The predicted molar refractivity (Wildman–Crippen MR) is 77.5 cm³/mol. The second-order valence-electron chi connectivity index (χ2n) is 5.77. The van der Waals surface area contributed by atoms with E-state index in [4.69, 9.17) is 16.3 Å². The van der Waals surface area contributed by atoms with Crippen LogP contribution in [0.2, 0.25) is 0 Å². The van der Waals surface area contributed by atoms with Crippen molar-refractivity contribution in [3.8, 4) is 0 Å². The Morgan fingerprint density at radius 3 is 2.26 bits per heavy atom. The van der Waals surface area contributed by atoms with Gasteiger partial charge in [-0.1, -0.05) is 25.7 Å². The molecule has 1 heterocycles. The van der Waals surface area contributed by atoms with Gasteiger partial charge in [-0.05, 0) is 25.7 Å². The Morgan fingerprint density at radius 2 is 1.68 bits per heavy atom. The van der Waals surface area contributed by atoms with Gasteiger partial charge in [0, 0.05) is 24.9 Å². The summed E-state index contributed by atoms with van der Waals surface area (Å²) in [5.41, 5.74) is 0. The van der Waals surface area contributed by atoms with E-state index >= 15 is 0 Å². The van der Waals surface area contributed by atoms with Crippen molar-refractivity contribution in [2.45, 2.75) is 57.5 Å². The van der Waals surface area contributed by atoms with Gasteiger partial charge in [0.15, 0.2) is 0 Å². The fraction of sp³-hybridized carbons (Fsp3) is 0.933. The second kappa shape index (κ2) is 8.11. The normalized spacial score (nSPS) is 23.3. The molecule has 2 fully saturated rings. The molecule has 1 saturated carbocycles. The highest BCUT2D eigenvalue weighted by Crippen LogP contribution is 2.26. The van der Waals surface area contributed by atoms with Crippen LogP contribution >= 0.6 is 11.6 Å². The van der Waals surface area contributed by atoms with Crippen LogP contribution < -0.4 is 0 Å². The maximum atomic E-state index is 12.5. The van der Waals surface area contributed by atoms with E-state index < -0.39 is 0 Å². The number of amides is 1. The average Bonchev–Trinajstić information content (AvgIpc) is 2.74. The van der Waals surface area contributed by atoms with Crippen LogP contribution in [0.3, 0.4) is 0 Å². The van der Waals surface area contributed by atoms with Gasteiger partial charge in [-0.25, -0.2) is 0 Å². The molecule has 0 spiro atoms. The van der Waals surface area contributed by atoms with Crippen LogP contribution in [0.5, 0.6) is 0 Å². The quantitative estimate of drug-likeness (QED) is 0.587. The minimum atomic E-state index is 0.294. The summed E-state index contributed by atoms with van der Waals surface area (Å²) in [5, 5.41) is 0. The lowest BCUT2D eigenvalue weighted by atomic mass is 9.97. The fourth-order valence-electron chi connectivity index (χ4n) is 3.24. The number of rotatable bonds is 4. The molecule has 0 aromatic rings. The number of ether oxygens (including phenoxy) is 1. The van der Waals surface area contributed by atoms with Gasteiger partial charge in [0.25, 0.3) is 0 Å². The van der Waals surface area contributed by atoms with Gasteiger partial charge in [-0.15, -0.1) is 11.6 Å². The van der Waals surface area contributed by atoms with Crippen molar-refractivity contribution in [2.75, 3.05) is 25.6 Å². The van der Waals surface area contributed by atoms with Crippen LogP contribution in [0.1, 0.15) is 51.4 Å². The lowest BCUT2D eigenvalue weighted by molar-refractivity contribution is -0.138. The third kappa shape index (κ3) is 4.64. The topological polar surface area (TPSA) is 29.5 Å². The van der Waals surface area contributed by atoms with Gasteiger partial charge in [0.2, 0.25) is 5.91 Å². The zero-order valence-electron chi connectivity index (χ0n) is 11.8. The molecule has 3 nitrogen and oxygen atoms in total. The number of piperidine rings is 1. The molecule has 110 valence electrons. The van der Waals surface area contributed by atoms with Crippen molar-refractivity contribution in [3.05, 3.63) is 0 Å². The number of hydrogen-bond donors (Lipinski definition) is 0. The maximum Gasteiger partial charge on any atom is 0.225 e. The van der Waals surface area contributed by atoms with Crippen LogP contribution in [0.4, 0.5) is 0 Å². The van der Waals surface area contributed by atoms with E-state index in [9.17, 15) is 4.79 Å². The van der Waals surface area contributed by atoms with Crippen molar-refractivity contribution in [3.63, 3.8) is 0 Å². The van der Waals surface area contributed by atoms with Gasteiger partial charge in [-0.2, -0.15) is 0 Å². The van der Waals surface area contributed by atoms with E-state index in [2.05, 4.69) is 4.90 Å². The van der Waals surface area contributed by atoms with E-state index in [0.29, 0.717) is 30.4 Å². The first-order valence-electron chi connectivity index (χ1n) is 7.77. The van der Waals surface area contributed by atoms with Gasteiger partial charge in [0.1, 0.15) is 0 Å². The second-order valence-corrected chi connectivity index (χ2v) is 6.15. The Kier molecular flexibility index (Phi) is 6.45. The molecule has 1 amide bonds. The number of likely N-dealkylation sites (tertiary alicyclic amines) is 1. The molecule has 2 aliphatic rings. The highest BCUT2D eigenvalue weighted by molar-refractivity contribution is 6.17. The first kappa shape index (κ1) is 15.1. The minimum Gasteiger partial charge on any atom is -0.377 e. The molecule has 0 unspecified atom stereocenters. The molecule has 0 N–H and O–H groups in total. The molecule has 0 atom stereocenters. The highest BCUT2D eigenvalue weighted by atomic mass is 35.5. The lowest BCUT2D eigenvalue weighted by Crippen LogP contribution is -2.43. The zero-order chi connectivity index (χ0) is 13.5. The molecular weight excluding hydrogens is 262 g/mol. The van der Waals surface area contributed by atoms with Crippen LogP contribution in [-0.2, 0) is 9.53 Å². The van der Waals surface area contributed by atoms with E-state index in [1.54, 1.807) is 0 Å². The van der Waals surface area contributed by atoms with E-state index in [-0.39, 0.29) is 0 Å². The molecule has 0 aromatic carbocycles. The lowest BCUT2D eigenvalue weighted by Gasteiger charge is -2.34. The SMILES string of the molecule is O=C(C1CCCCCC1)N1CCC(OCCCl)CC1. The van der Waals surface area contributed by atoms with Crippen molar-refractivity contribution in [1.29, 1.82) is 0 Å². The Hall–Kier alpha value is -0.280. The molecule has 0 aromatic heterocycles. The van der Waals surface area contributed by atoms with Crippen LogP contribution in [0.15, 0.2) is 0 Å². The van der Waals surface area contributed by atoms with Crippen LogP contribution in [-0.4, -0.2) is 42.5 Å². The van der Waals surface area contributed by atoms with Crippen molar-refractivity contribution in [2.24, 2.45) is 5.92 Å². The van der Waals surface area contributed by atoms with Gasteiger partial charge >= 0.3 is 0 Å². The highest BCUT2D eigenvalue weighted by Gasteiger charge is 2.28. The first-order valence-corrected chi connectivity index (χ1v) is 8.31. The van der Waals surface area contributed by atoms with E-state index in [1.807, 2.05) is 0 Å². The summed E-state index contributed by atoms with van der Waals surface area (Å²) < 4.78 is 5.66. The van der Waals surface area contributed by atoms with Crippen LogP contribution in [0, 0.1) is 5.92 Å². The van der Waals surface area contributed by atoms with E-state index in [0.717, 1.165) is 38.8 Å². The Bertz CT molecular complexity index is 269. The summed E-state index contributed by atoms with van der Waals surface area (Å²) >= 11 is 5.63. The summed E-state index contributed by atoms with van der Waals surface area (Å²) in [4.78, 5) is 14.6. The number of nitrogens with zero attached hydrogens (tertiary/aromatic N) is 1. The Morgan fingerprint density at radius 1 is 1.05 bits per heavy atom. The van der Waals surface area contributed by atoms with Crippen molar-refractivity contribution in [1.82, 2.24) is 4.90 Å².